The zero-order valence-electron chi connectivity index (χ0n) is 11.4. The van der Waals surface area contributed by atoms with Crippen LogP contribution in [-0.2, 0) is 16.6 Å². The highest BCUT2D eigenvalue weighted by atomic mass is 32.2. The summed E-state index contributed by atoms with van der Waals surface area (Å²) in [5.41, 5.74) is 0.701. The lowest BCUT2D eigenvalue weighted by Crippen LogP contribution is -2.33. The van der Waals surface area contributed by atoms with Crippen LogP contribution in [0.15, 0.2) is 29.2 Å². The summed E-state index contributed by atoms with van der Waals surface area (Å²) in [6.45, 7) is 6.94. The summed E-state index contributed by atoms with van der Waals surface area (Å²) in [6, 6.07) is 7.04. The first-order chi connectivity index (χ1) is 8.26. The van der Waals surface area contributed by atoms with Crippen LogP contribution in [0, 0.1) is 5.41 Å². The van der Waals surface area contributed by atoms with Gasteiger partial charge in [-0.25, -0.2) is 13.1 Å². The molecule has 1 rings (SSSR count). The zero-order chi connectivity index (χ0) is 13.8. The Balaban J connectivity index is 2.98. The van der Waals surface area contributed by atoms with E-state index in [1.54, 1.807) is 19.2 Å². The molecule has 0 saturated carbocycles. The topological polar surface area (TPSA) is 58.2 Å². The fourth-order valence-electron chi connectivity index (χ4n) is 1.49. The van der Waals surface area contributed by atoms with Gasteiger partial charge >= 0.3 is 0 Å². The van der Waals surface area contributed by atoms with Crippen molar-refractivity contribution in [3.63, 3.8) is 0 Å². The van der Waals surface area contributed by atoms with Gasteiger partial charge in [0.2, 0.25) is 10.0 Å². The first-order valence-electron chi connectivity index (χ1n) is 5.98. The summed E-state index contributed by atoms with van der Waals surface area (Å²) >= 11 is 0. The minimum absolute atomic E-state index is 0.0784. The third-order valence-electron chi connectivity index (χ3n) is 2.42. The minimum Gasteiger partial charge on any atom is -0.316 e. The van der Waals surface area contributed by atoms with Gasteiger partial charge in [0, 0.05) is 13.1 Å². The predicted molar refractivity (Wildman–Crippen MR) is 73.8 cm³/mol. The van der Waals surface area contributed by atoms with Crippen molar-refractivity contribution in [2.45, 2.75) is 32.2 Å². The normalized spacial score (nSPS) is 12.7. The molecule has 0 atom stereocenters. The Bertz CT molecular complexity index is 490. The molecule has 0 aliphatic rings. The zero-order valence-corrected chi connectivity index (χ0v) is 12.3. The Morgan fingerprint density at radius 2 is 1.78 bits per heavy atom. The van der Waals surface area contributed by atoms with Crippen molar-refractivity contribution < 1.29 is 8.42 Å². The largest absolute Gasteiger partial charge is 0.316 e. The molecule has 0 amide bonds. The van der Waals surface area contributed by atoms with Gasteiger partial charge in [0.1, 0.15) is 0 Å². The molecule has 0 spiro atoms. The van der Waals surface area contributed by atoms with Crippen molar-refractivity contribution in [1.29, 1.82) is 0 Å². The predicted octanol–water partition coefficient (Wildman–Crippen LogP) is 1.73. The highest BCUT2D eigenvalue weighted by molar-refractivity contribution is 7.89. The van der Waals surface area contributed by atoms with Crippen LogP contribution in [0.5, 0.6) is 0 Å². The monoisotopic (exact) mass is 270 g/mol. The quantitative estimate of drug-likeness (QED) is 0.856. The Hall–Kier alpha value is -0.910. The van der Waals surface area contributed by atoms with Gasteiger partial charge in [0.25, 0.3) is 0 Å². The Kier molecular flexibility index (Phi) is 4.90. The van der Waals surface area contributed by atoms with Crippen LogP contribution in [0.3, 0.4) is 0 Å². The molecule has 0 fully saturated rings. The average Bonchev–Trinajstić information content (AvgIpc) is 2.27. The second-order valence-corrected chi connectivity index (χ2v) is 7.26. The van der Waals surface area contributed by atoms with Gasteiger partial charge in [0.05, 0.1) is 4.90 Å². The summed E-state index contributed by atoms with van der Waals surface area (Å²) < 4.78 is 27.1. The number of sulfonamides is 1. The fraction of sp³-hybridized carbons (Fsp3) is 0.538. The molecule has 0 aliphatic heterocycles. The summed E-state index contributed by atoms with van der Waals surface area (Å²) in [4.78, 5) is 0.351. The maximum atomic E-state index is 12.2. The van der Waals surface area contributed by atoms with E-state index < -0.39 is 10.0 Å². The van der Waals surface area contributed by atoms with Crippen LogP contribution in [-0.4, -0.2) is 22.0 Å². The lowest BCUT2D eigenvalue weighted by Gasteiger charge is -2.19. The van der Waals surface area contributed by atoms with Crippen molar-refractivity contribution in [3.8, 4) is 0 Å². The summed E-state index contributed by atoms with van der Waals surface area (Å²) in [5.74, 6) is 0. The number of hydrogen-bond donors (Lipinski definition) is 2. The Morgan fingerprint density at radius 3 is 2.33 bits per heavy atom. The molecule has 0 aromatic heterocycles. The first-order valence-corrected chi connectivity index (χ1v) is 7.47. The van der Waals surface area contributed by atoms with E-state index in [-0.39, 0.29) is 5.41 Å². The Labute approximate surface area is 110 Å². The van der Waals surface area contributed by atoms with E-state index in [0.29, 0.717) is 18.0 Å². The molecule has 0 bridgehead atoms. The van der Waals surface area contributed by atoms with Gasteiger partial charge in [-0.3, -0.25) is 0 Å². The van der Waals surface area contributed by atoms with Crippen molar-refractivity contribution in [3.05, 3.63) is 29.8 Å². The molecule has 5 heteroatoms. The van der Waals surface area contributed by atoms with Gasteiger partial charge < -0.3 is 5.32 Å². The van der Waals surface area contributed by atoms with Crippen molar-refractivity contribution in [1.82, 2.24) is 10.0 Å². The number of benzene rings is 1. The molecule has 18 heavy (non-hydrogen) atoms. The van der Waals surface area contributed by atoms with Gasteiger partial charge in [-0.05, 0) is 24.1 Å². The number of nitrogens with one attached hydrogen (secondary N) is 2. The van der Waals surface area contributed by atoms with Gasteiger partial charge in [-0.2, -0.15) is 0 Å². The lowest BCUT2D eigenvalue weighted by molar-refractivity contribution is 0.407. The third-order valence-corrected chi connectivity index (χ3v) is 3.92. The third kappa shape index (κ3) is 4.40. The fourth-order valence-corrected chi connectivity index (χ4v) is 3.01. The highest BCUT2D eigenvalue weighted by Crippen LogP contribution is 2.17. The van der Waals surface area contributed by atoms with Gasteiger partial charge in [-0.1, -0.05) is 39.0 Å². The number of hydrogen-bond acceptors (Lipinski definition) is 3. The highest BCUT2D eigenvalue weighted by Gasteiger charge is 2.20. The summed E-state index contributed by atoms with van der Waals surface area (Å²) in [5, 5.41) is 2.98. The van der Waals surface area contributed by atoms with Crippen molar-refractivity contribution >= 4 is 10.0 Å². The van der Waals surface area contributed by atoms with E-state index in [4.69, 9.17) is 0 Å². The second-order valence-electron chi connectivity index (χ2n) is 5.52. The number of rotatable bonds is 5. The van der Waals surface area contributed by atoms with Gasteiger partial charge in [0.15, 0.2) is 0 Å². The summed E-state index contributed by atoms with van der Waals surface area (Å²) in [7, 11) is -1.64. The van der Waals surface area contributed by atoms with Crippen LogP contribution < -0.4 is 10.0 Å². The molecule has 2 N–H and O–H groups in total. The molecule has 1 aromatic rings. The van der Waals surface area contributed by atoms with E-state index >= 15 is 0 Å². The van der Waals surface area contributed by atoms with E-state index in [2.05, 4.69) is 10.0 Å². The van der Waals surface area contributed by atoms with Crippen LogP contribution in [0.1, 0.15) is 26.3 Å². The molecule has 0 heterocycles. The molecule has 102 valence electrons. The average molecular weight is 270 g/mol. The molecule has 4 nitrogen and oxygen atoms in total. The smallest absolute Gasteiger partial charge is 0.240 e. The van der Waals surface area contributed by atoms with E-state index in [1.807, 2.05) is 32.9 Å². The van der Waals surface area contributed by atoms with Crippen LogP contribution in [0.25, 0.3) is 0 Å². The maximum Gasteiger partial charge on any atom is 0.240 e. The maximum absolute atomic E-state index is 12.2. The SMILES string of the molecule is CNCc1ccccc1S(=O)(=O)NCC(C)(C)C. The summed E-state index contributed by atoms with van der Waals surface area (Å²) in [6.07, 6.45) is 0. The van der Waals surface area contributed by atoms with Crippen LogP contribution in [0.4, 0.5) is 0 Å². The van der Waals surface area contributed by atoms with E-state index in [1.165, 1.54) is 0 Å². The minimum atomic E-state index is -3.44. The van der Waals surface area contributed by atoms with E-state index in [9.17, 15) is 8.42 Å². The molecular weight excluding hydrogens is 248 g/mol. The van der Waals surface area contributed by atoms with Crippen LogP contribution >= 0.6 is 0 Å². The van der Waals surface area contributed by atoms with Crippen molar-refractivity contribution in [2.24, 2.45) is 5.41 Å². The van der Waals surface area contributed by atoms with Crippen molar-refractivity contribution in [2.75, 3.05) is 13.6 Å². The molecule has 0 aliphatic carbocycles. The molecular formula is C13H22N2O2S. The van der Waals surface area contributed by atoms with Crippen LogP contribution in [0.2, 0.25) is 0 Å². The van der Waals surface area contributed by atoms with E-state index in [0.717, 1.165) is 5.56 Å². The molecule has 1 aromatic carbocycles. The van der Waals surface area contributed by atoms with Gasteiger partial charge in [-0.15, -0.1) is 0 Å². The molecule has 0 radical (unpaired) electrons. The standard InChI is InChI=1S/C13H22N2O2S/c1-13(2,3)10-15-18(16,17)12-8-6-5-7-11(12)9-14-4/h5-8,14-15H,9-10H2,1-4H3. The first kappa shape index (κ1) is 15.1. The lowest BCUT2D eigenvalue weighted by atomic mass is 9.98. The second kappa shape index (κ2) is 5.82. The molecule has 0 unspecified atom stereocenters. The Morgan fingerprint density at radius 1 is 1.17 bits per heavy atom. The molecule has 0 saturated heterocycles.